The Bertz CT molecular complexity index is 388. The molecule has 0 bridgehead atoms. The molecule has 0 N–H and O–H groups in total. The summed E-state index contributed by atoms with van der Waals surface area (Å²) in [5, 5.41) is 0. The first-order chi connectivity index (χ1) is 8.10. The number of rotatable bonds is 6. The summed E-state index contributed by atoms with van der Waals surface area (Å²) in [6.07, 6.45) is 0.469. The average Bonchev–Trinajstić information content (AvgIpc) is 2.34. The van der Waals surface area contributed by atoms with E-state index in [0.29, 0.717) is 23.5 Å². The number of methoxy groups -OCH3 is 2. The lowest BCUT2D eigenvalue weighted by atomic mass is 10.1. The molecule has 0 aromatic heterocycles. The van der Waals surface area contributed by atoms with E-state index in [4.69, 9.17) is 9.47 Å². The van der Waals surface area contributed by atoms with Gasteiger partial charge < -0.3 is 14.4 Å². The number of hydrogen-bond acceptors (Lipinski definition) is 4. The van der Waals surface area contributed by atoms with Crippen molar-refractivity contribution in [2.75, 3.05) is 34.9 Å². The second-order valence-corrected chi connectivity index (χ2v) is 4.02. The van der Waals surface area contributed by atoms with E-state index >= 15 is 0 Å². The molecule has 0 fully saturated rings. The minimum absolute atomic E-state index is 0.0643. The highest BCUT2D eigenvalue weighted by Crippen LogP contribution is 2.31. The summed E-state index contributed by atoms with van der Waals surface area (Å²) in [7, 11) is 6.98. The largest absolute Gasteiger partial charge is 0.493 e. The van der Waals surface area contributed by atoms with Crippen molar-refractivity contribution in [1.82, 2.24) is 4.90 Å². The Labute approximate surface area is 102 Å². The third kappa shape index (κ3) is 3.46. The van der Waals surface area contributed by atoms with Crippen molar-refractivity contribution in [1.29, 1.82) is 0 Å². The van der Waals surface area contributed by atoms with Crippen LogP contribution in [0.1, 0.15) is 16.8 Å². The predicted octanol–water partition coefficient (Wildman–Crippen LogP) is 1.84. The fraction of sp³-hybridized carbons (Fsp3) is 0.462. The molecule has 0 saturated carbocycles. The molecule has 1 aromatic carbocycles. The van der Waals surface area contributed by atoms with Crippen molar-refractivity contribution in [2.24, 2.45) is 0 Å². The van der Waals surface area contributed by atoms with Crippen LogP contribution in [0, 0.1) is 0 Å². The molecule has 0 aliphatic carbocycles. The zero-order valence-corrected chi connectivity index (χ0v) is 10.8. The van der Waals surface area contributed by atoms with Gasteiger partial charge in [-0.2, -0.15) is 0 Å². The van der Waals surface area contributed by atoms with E-state index in [-0.39, 0.29) is 5.78 Å². The van der Waals surface area contributed by atoms with E-state index in [1.54, 1.807) is 32.4 Å². The molecular formula is C13H19NO3. The van der Waals surface area contributed by atoms with Crippen molar-refractivity contribution in [3.63, 3.8) is 0 Å². The van der Waals surface area contributed by atoms with Crippen LogP contribution in [0.5, 0.6) is 11.5 Å². The number of carbonyl (C=O) groups excluding carboxylic acids is 1. The lowest BCUT2D eigenvalue weighted by Gasteiger charge is -2.13. The quantitative estimate of drug-likeness (QED) is 0.708. The van der Waals surface area contributed by atoms with Crippen LogP contribution < -0.4 is 9.47 Å². The number of nitrogens with zero attached hydrogens (tertiary/aromatic N) is 1. The molecule has 0 aliphatic rings. The minimum atomic E-state index is 0.0643. The third-order valence-electron chi connectivity index (χ3n) is 2.49. The first-order valence-electron chi connectivity index (χ1n) is 5.49. The van der Waals surface area contributed by atoms with Gasteiger partial charge in [-0.05, 0) is 26.2 Å². The average molecular weight is 237 g/mol. The van der Waals surface area contributed by atoms with Crippen LogP contribution in [-0.4, -0.2) is 45.5 Å². The lowest BCUT2D eigenvalue weighted by Crippen LogP contribution is -2.17. The highest BCUT2D eigenvalue weighted by atomic mass is 16.5. The minimum Gasteiger partial charge on any atom is -0.493 e. The van der Waals surface area contributed by atoms with Crippen molar-refractivity contribution >= 4 is 5.78 Å². The molecule has 0 unspecified atom stereocenters. The fourth-order valence-corrected chi connectivity index (χ4v) is 1.57. The SMILES string of the molecule is COc1cccc(C(=O)CCN(C)C)c1OC. The standard InChI is InChI=1S/C13H19NO3/c1-14(2)9-8-11(15)10-6-5-7-12(16-3)13(10)17-4/h5-7H,8-9H2,1-4H3. The van der Waals surface area contributed by atoms with Crippen LogP contribution in [0.3, 0.4) is 0 Å². The summed E-state index contributed by atoms with van der Waals surface area (Å²) < 4.78 is 10.4. The lowest BCUT2D eigenvalue weighted by molar-refractivity contribution is 0.0969. The number of carbonyl (C=O) groups is 1. The number of Topliss-reactive ketones (excluding diaryl/α,β-unsaturated/α-hetero) is 1. The van der Waals surface area contributed by atoms with Crippen LogP contribution in [0.2, 0.25) is 0 Å². The number of ether oxygens (including phenoxy) is 2. The summed E-state index contributed by atoms with van der Waals surface area (Å²) in [6, 6.07) is 5.34. The maximum Gasteiger partial charge on any atom is 0.171 e. The van der Waals surface area contributed by atoms with Crippen molar-refractivity contribution < 1.29 is 14.3 Å². The van der Waals surface area contributed by atoms with Gasteiger partial charge in [0.15, 0.2) is 17.3 Å². The zero-order valence-electron chi connectivity index (χ0n) is 10.8. The summed E-state index contributed by atoms with van der Waals surface area (Å²) in [6.45, 7) is 0.721. The number of para-hydroxylation sites is 1. The first-order valence-corrected chi connectivity index (χ1v) is 5.49. The van der Waals surface area contributed by atoms with Gasteiger partial charge in [-0.25, -0.2) is 0 Å². The Morgan fingerprint density at radius 3 is 2.47 bits per heavy atom. The fourth-order valence-electron chi connectivity index (χ4n) is 1.57. The number of benzene rings is 1. The van der Waals surface area contributed by atoms with E-state index < -0.39 is 0 Å². The molecule has 0 aliphatic heterocycles. The van der Waals surface area contributed by atoms with Gasteiger partial charge in [0.1, 0.15) is 0 Å². The monoisotopic (exact) mass is 237 g/mol. The molecule has 0 atom stereocenters. The number of hydrogen-bond donors (Lipinski definition) is 0. The summed E-state index contributed by atoms with van der Waals surface area (Å²) >= 11 is 0. The normalized spacial score (nSPS) is 10.4. The van der Waals surface area contributed by atoms with Crippen LogP contribution in [0.4, 0.5) is 0 Å². The molecule has 17 heavy (non-hydrogen) atoms. The maximum absolute atomic E-state index is 12.0. The van der Waals surface area contributed by atoms with Gasteiger partial charge in [-0.3, -0.25) is 4.79 Å². The maximum atomic E-state index is 12.0. The Morgan fingerprint density at radius 1 is 1.24 bits per heavy atom. The van der Waals surface area contributed by atoms with E-state index in [1.807, 2.05) is 19.0 Å². The molecule has 0 amide bonds. The predicted molar refractivity (Wildman–Crippen MR) is 67.0 cm³/mol. The van der Waals surface area contributed by atoms with Crippen LogP contribution in [0.25, 0.3) is 0 Å². The second-order valence-electron chi connectivity index (χ2n) is 4.02. The molecule has 4 nitrogen and oxygen atoms in total. The zero-order chi connectivity index (χ0) is 12.8. The molecule has 0 radical (unpaired) electrons. The Balaban J connectivity index is 2.92. The molecule has 4 heteroatoms. The molecular weight excluding hydrogens is 218 g/mol. The van der Waals surface area contributed by atoms with Gasteiger partial charge in [0, 0.05) is 13.0 Å². The molecule has 0 spiro atoms. The molecule has 94 valence electrons. The molecule has 1 rings (SSSR count). The molecule has 0 saturated heterocycles. The number of ketones is 1. The Morgan fingerprint density at radius 2 is 1.94 bits per heavy atom. The Kier molecular flexibility index (Phi) is 4.97. The summed E-state index contributed by atoms with van der Waals surface area (Å²) in [4.78, 5) is 14.0. The highest BCUT2D eigenvalue weighted by molar-refractivity contribution is 5.99. The van der Waals surface area contributed by atoms with Crippen LogP contribution in [0.15, 0.2) is 18.2 Å². The van der Waals surface area contributed by atoms with Crippen molar-refractivity contribution in [2.45, 2.75) is 6.42 Å². The summed E-state index contributed by atoms with van der Waals surface area (Å²) in [5.41, 5.74) is 0.578. The van der Waals surface area contributed by atoms with Gasteiger partial charge >= 0.3 is 0 Å². The van der Waals surface area contributed by atoms with E-state index in [2.05, 4.69) is 0 Å². The molecule has 1 aromatic rings. The van der Waals surface area contributed by atoms with Gasteiger partial charge in [0.25, 0.3) is 0 Å². The third-order valence-corrected chi connectivity index (χ3v) is 2.49. The molecule has 0 heterocycles. The van der Waals surface area contributed by atoms with E-state index in [1.165, 1.54) is 0 Å². The smallest absolute Gasteiger partial charge is 0.171 e. The van der Waals surface area contributed by atoms with Crippen molar-refractivity contribution in [3.8, 4) is 11.5 Å². The Hall–Kier alpha value is -1.55. The summed E-state index contributed by atoms with van der Waals surface area (Å²) in [5.74, 6) is 1.16. The van der Waals surface area contributed by atoms with Gasteiger partial charge in [-0.15, -0.1) is 0 Å². The van der Waals surface area contributed by atoms with Gasteiger partial charge in [0.2, 0.25) is 0 Å². The van der Waals surface area contributed by atoms with Crippen molar-refractivity contribution in [3.05, 3.63) is 23.8 Å². The van der Waals surface area contributed by atoms with E-state index in [0.717, 1.165) is 6.54 Å². The first kappa shape index (κ1) is 13.5. The highest BCUT2D eigenvalue weighted by Gasteiger charge is 2.15. The van der Waals surface area contributed by atoms with Gasteiger partial charge in [-0.1, -0.05) is 6.07 Å². The van der Waals surface area contributed by atoms with Gasteiger partial charge in [0.05, 0.1) is 19.8 Å². The van der Waals surface area contributed by atoms with Crippen LogP contribution in [-0.2, 0) is 0 Å². The van der Waals surface area contributed by atoms with E-state index in [9.17, 15) is 4.79 Å². The van der Waals surface area contributed by atoms with Crippen LogP contribution >= 0.6 is 0 Å². The second kappa shape index (κ2) is 6.25. The topological polar surface area (TPSA) is 38.8 Å².